The van der Waals surface area contributed by atoms with Crippen LogP contribution in [0.1, 0.15) is 16.7 Å². The number of hydrogen-bond donors (Lipinski definition) is 2. The second-order valence-electron chi connectivity index (χ2n) is 7.08. The van der Waals surface area contributed by atoms with E-state index >= 15 is 0 Å². The molecule has 3 aromatic rings. The van der Waals surface area contributed by atoms with Crippen LogP contribution in [0.3, 0.4) is 0 Å². The molecule has 0 radical (unpaired) electrons. The SMILES string of the molecule is O=C(Cc1cccc(C(F)(F)F)c1)N/N=C\c1ccc(OCC(=O)Nc2ccc(Br)cc2)cc1. The average molecular weight is 534 g/mol. The first-order valence-electron chi connectivity index (χ1n) is 9.95. The molecule has 0 heterocycles. The minimum absolute atomic E-state index is 0.172. The summed E-state index contributed by atoms with van der Waals surface area (Å²) in [5, 5.41) is 6.53. The molecule has 0 aliphatic heterocycles. The van der Waals surface area contributed by atoms with Gasteiger partial charge in [0.15, 0.2) is 6.61 Å². The minimum Gasteiger partial charge on any atom is -0.484 e. The molecule has 0 saturated heterocycles. The summed E-state index contributed by atoms with van der Waals surface area (Å²) in [6, 6.07) is 18.3. The number of nitrogens with zero attached hydrogens (tertiary/aromatic N) is 1. The number of halogens is 4. The summed E-state index contributed by atoms with van der Waals surface area (Å²) in [5.74, 6) is -0.388. The van der Waals surface area contributed by atoms with Crippen LogP contribution in [0, 0.1) is 0 Å². The van der Waals surface area contributed by atoms with Gasteiger partial charge >= 0.3 is 6.18 Å². The number of benzene rings is 3. The molecule has 2 amide bonds. The average Bonchev–Trinajstić information content (AvgIpc) is 2.80. The maximum absolute atomic E-state index is 12.8. The van der Waals surface area contributed by atoms with E-state index < -0.39 is 17.6 Å². The number of hydrogen-bond acceptors (Lipinski definition) is 4. The fourth-order valence-corrected chi connectivity index (χ4v) is 3.05. The fraction of sp³-hybridized carbons (Fsp3) is 0.125. The molecule has 0 aliphatic rings. The molecule has 3 rings (SSSR count). The van der Waals surface area contributed by atoms with E-state index in [0.29, 0.717) is 17.0 Å². The largest absolute Gasteiger partial charge is 0.484 e. The zero-order valence-corrected chi connectivity index (χ0v) is 19.2. The number of hydrazone groups is 1. The lowest BCUT2D eigenvalue weighted by atomic mass is 10.1. The van der Waals surface area contributed by atoms with Gasteiger partial charge in [0, 0.05) is 10.2 Å². The first-order chi connectivity index (χ1) is 16.2. The van der Waals surface area contributed by atoms with E-state index in [9.17, 15) is 22.8 Å². The highest BCUT2D eigenvalue weighted by molar-refractivity contribution is 9.10. The summed E-state index contributed by atoms with van der Waals surface area (Å²) >= 11 is 3.32. The van der Waals surface area contributed by atoms with E-state index in [1.54, 1.807) is 36.4 Å². The van der Waals surface area contributed by atoms with Crippen LogP contribution in [0.15, 0.2) is 82.4 Å². The molecule has 0 saturated carbocycles. The molecule has 0 spiro atoms. The van der Waals surface area contributed by atoms with Crippen molar-refractivity contribution in [1.29, 1.82) is 0 Å². The van der Waals surface area contributed by atoms with E-state index in [1.807, 2.05) is 12.1 Å². The molecule has 0 atom stereocenters. The Labute approximate surface area is 202 Å². The van der Waals surface area contributed by atoms with Crippen molar-refractivity contribution in [2.24, 2.45) is 5.10 Å². The van der Waals surface area contributed by atoms with Gasteiger partial charge in [-0.3, -0.25) is 9.59 Å². The third kappa shape index (κ3) is 8.04. The van der Waals surface area contributed by atoms with Crippen LogP contribution in [0.5, 0.6) is 5.75 Å². The zero-order chi connectivity index (χ0) is 24.6. The minimum atomic E-state index is -4.47. The maximum atomic E-state index is 12.8. The Morgan fingerprint density at radius 1 is 0.971 bits per heavy atom. The molecule has 0 unspecified atom stereocenters. The van der Waals surface area contributed by atoms with E-state index in [4.69, 9.17) is 4.74 Å². The fourth-order valence-electron chi connectivity index (χ4n) is 2.79. The Hall–Kier alpha value is -3.66. The molecule has 34 heavy (non-hydrogen) atoms. The highest BCUT2D eigenvalue weighted by Crippen LogP contribution is 2.29. The summed E-state index contributed by atoms with van der Waals surface area (Å²) in [6.45, 7) is -0.172. The van der Waals surface area contributed by atoms with Crippen molar-refractivity contribution in [2.45, 2.75) is 12.6 Å². The summed E-state index contributed by atoms with van der Waals surface area (Å²) in [4.78, 5) is 23.9. The van der Waals surface area contributed by atoms with Crippen molar-refractivity contribution in [3.05, 3.63) is 94.0 Å². The van der Waals surface area contributed by atoms with Crippen molar-refractivity contribution in [3.63, 3.8) is 0 Å². The predicted molar refractivity (Wildman–Crippen MR) is 126 cm³/mol. The van der Waals surface area contributed by atoms with E-state index in [-0.39, 0.29) is 24.5 Å². The molecule has 0 aromatic heterocycles. The monoisotopic (exact) mass is 533 g/mol. The number of nitrogens with one attached hydrogen (secondary N) is 2. The van der Waals surface area contributed by atoms with Gasteiger partial charge in [0.05, 0.1) is 18.2 Å². The van der Waals surface area contributed by atoms with Crippen LogP contribution in [0.4, 0.5) is 18.9 Å². The highest BCUT2D eigenvalue weighted by Gasteiger charge is 2.30. The quantitative estimate of drug-likeness (QED) is 0.309. The number of alkyl halides is 3. The molecule has 2 N–H and O–H groups in total. The second-order valence-corrected chi connectivity index (χ2v) is 8.00. The number of amides is 2. The van der Waals surface area contributed by atoms with Gasteiger partial charge in [0.2, 0.25) is 5.91 Å². The maximum Gasteiger partial charge on any atom is 0.416 e. The molecule has 0 bridgehead atoms. The van der Waals surface area contributed by atoms with Crippen LogP contribution in [-0.2, 0) is 22.2 Å². The smallest absolute Gasteiger partial charge is 0.416 e. The Balaban J connectivity index is 1.44. The van der Waals surface area contributed by atoms with Crippen molar-refractivity contribution in [3.8, 4) is 5.75 Å². The third-order valence-electron chi connectivity index (χ3n) is 4.40. The van der Waals surface area contributed by atoms with E-state index in [2.05, 4.69) is 31.8 Å². The van der Waals surface area contributed by atoms with Gasteiger partial charge in [-0.15, -0.1) is 0 Å². The van der Waals surface area contributed by atoms with Crippen molar-refractivity contribution < 1.29 is 27.5 Å². The first kappa shape index (κ1) is 25.0. The summed E-state index contributed by atoms with van der Waals surface area (Å²) in [7, 11) is 0. The molecule has 0 aliphatic carbocycles. The molecule has 6 nitrogen and oxygen atoms in total. The number of anilines is 1. The van der Waals surface area contributed by atoms with Crippen molar-refractivity contribution in [1.82, 2.24) is 5.43 Å². The van der Waals surface area contributed by atoms with E-state index in [0.717, 1.165) is 16.6 Å². The van der Waals surface area contributed by atoms with Crippen molar-refractivity contribution >= 4 is 39.6 Å². The topological polar surface area (TPSA) is 79.8 Å². The summed E-state index contributed by atoms with van der Waals surface area (Å²) in [5.41, 5.74) is 3.00. The number of ether oxygens (including phenoxy) is 1. The lowest BCUT2D eigenvalue weighted by molar-refractivity contribution is -0.137. The Morgan fingerprint density at radius 3 is 2.35 bits per heavy atom. The van der Waals surface area contributed by atoms with Gasteiger partial charge in [0.25, 0.3) is 5.91 Å². The van der Waals surface area contributed by atoms with E-state index in [1.165, 1.54) is 18.3 Å². The normalized spacial score (nSPS) is 11.3. The summed E-state index contributed by atoms with van der Waals surface area (Å²) in [6.07, 6.45) is -3.33. The number of carbonyl (C=O) groups is 2. The molecule has 176 valence electrons. The van der Waals surface area contributed by atoms with Gasteiger partial charge in [-0.2, -0.15) is 18.3 Å². The third-order valence-corrected chi connectivity index (χ3v) is 4.93. The lowest BCUT2D eigenvalue weighted by Gasteiger charge is -2.08. The first-order valence-corrected chi connectivity index (χ1v) is 10.7. The van der Waals surface area contributed by atoms with Gasteiger partial charge in [-0.05, 0) is 65.7 Å². The standard InChI is InChI=1S/C24H19BrF3N3O3/c25-19-6-8-20(9-7-19)30-23(33)15-34-21-10-4-16(5-11-21)14-29-31-22(32)13-17-2-1-3-18(12-17)24(26,27)28/h1-12,14H,13,15H2,(H,30,33)(H,31,32)/b29-14-. The van der Waals surface area contributed by atoms with Gasteiger partial charge < -0.3 is 10.1 Å². The zero-order valence-electron chi connectivity index (χ0n) is 17.6. The molecule has 3 aromatic carbocycles. The van der Waals surface area contributed by atoms with Gasteiger partial charge in [-0.1, -0.05) is 34.1 Å². The lowest BCUT2D eigenvalue weighted by Crippen LogP contribution is -2.20. The highest BCUT2D eigenvalue weighted by atomic mass is 79.9. The van der Waals surface area contributed by atoms with Crippen LogP contribution < -0.4 is 15.5 Å². The van der Waals surface area contributed by atoms with Gasteiger partial charge in [0.1, 0.15) is 5.75 Å². The van der Waals surface area contributed by atoms with Crippen LogP contribution in [0.25, 0.3) is 0 Å². The van der Waals surface area contributed by atoms with Crippen LogP contribution in [-0.4, -0.2) is 24.6 Å². The van der Waals surface area contributed by atoms with Crippen LogP contribution in [0.2, 0.25) is 0 Å². The molecular formula is C24H19BrF3N3O3. The van der Waals surface area contributed by atoms with Gasteiger partial charge in [-0.25, -0.2) is 5.43 Å². The molecular weight excluding hydrogens is 515 g/mol. The molecule has 10 heteroatoms. The predicted octanol–water partition coefficient (Wildman–Crippen LogP) is 5.18. The number of rotatable bonds is 8. The Bertz CT molecular complexity index is 1160. The molecule has 0 fully saturated rings. The van der Waals surface area contributed by atoms with Crippen molar-refractivity contribution in [2.75, 3.05) is 11.9 Å². The Morgan fingerprint density at radius 2 is 1.68 bits per heavy atom. The second kappa shape index (κ2) is 11.5. The number of carbonyl (C=O) groups excluding carboxylic acids is 2. The van der Waals surface area contributed by atoms with Crippen LogP contribution >= 0.6 is 15.9 Å². The Kier molecular flexibility index (Phi) is 8.42. The summed E-state index contributed by atoms with van der Waals surface area (Å²) < 4.78 is 44.6.